The highest BCUT2D eigenvalue weighted by Crippen LogP contribution is 2.35. The number of ether oxygens (including phenoxy) is 2. The van der Waals surface area contributed by atoms with Crippen molar-refractivity contribution in [3.63, 3.8) is 0 Å². The van der Waals surface area contributed by atoms with Gasteiger partial charge in [0.2, 0.25) is 0 Å². The van der Waals surface area contributed by atoms with Crippen LogP contribution in [0.5, 0.6) is 11.5 Å². The molecule has 1 aliphatic rings. The molecule has 88 valence electrons. The van der Waals surface area contributed by atoms with Crippen LogP contribution in [-0.2, 0) is 0 Å². The molecule has 0 radical (unpaired) electrons. The van der Waals surface area contributed by atoms with Gasteiger partial charge in [-0.2, -0.15) is 5.10 Å². The molecule has 2 aromatic rings. The van der Waals surface area contributed by atoms with Gasteiger partial charge in [0.05, 0.1) is 11.4 Å². The largest absolute Gasteiger partial charge is 0.486 e. The number of aromatic nitrogens is 2. The molecule has 0 unspecified atom stereocenters. The lowest BCUT2D eigenvalue weighted by atomic mass is 10.1. The van der Waals surface area contributed by atoms with Crippen LogP contribution in [0.3, 0.4) is 0 Å². The second-order valence-corrected chi connectivity index (χ2v) is 3.97. The molecule has 17 heavy (non-hydrogen) atoms. The molecular weight excluding hydrogens is 218 g/mol. The fraction of sp³-hybridized carbons (Fsp3) is 0.250. The Kier molecular flexibility index (Phi) is 2.18. The van der Waals surface area contributed by atoms with E-state index in [1.165, 1.54) is 0 Å². The molecule has 5 nitrogen and oxygen atoms in total. The van der Waals surface area contributed by atoms with Crippen molar-refractivity contribution in [3.8, 4) is 22.8 Å². The minimum atomic E-state index is 0.575. The highest BCUT2D eigenvalue weighted by Gasteiger charge is 2.15. The van der Waals surface area contributed by atoms with Crippen LogP contribution in [0, 0.1) is 6.92 Å². The molecule has 2 heterocycles. The van der Waals surface area contributed by atoms with Crippen molar-refractivity contribution in [2.24, 2.45) is 0 Å². The summed E-state index contributed by atoms with van der Waals surface area (Å²) in [5.74, 6) is 1.51. The van der Waals surface area contributed by atoms with E-state index in [1.54, 1.807) is 0 Å². The molecule has 0 saturated heterocycles. The molecule has 1 aliphatic heterocycles. The Bertz CT molecular complexity index is 563. The fourth-order valence-electron chi connectivity index (χ4n) is 1.85. The third kappa shape index (κ3) is 1.60. The van der Waals surface area contributed by atoms with E-state index in [4.69, 9.17) is 15.2 Å². The number of fused-ring (bicyclic) bond motifs is 1. The molecule has 0 spiro atoms. The van der Waals surface area contributed by atoms with Gasteiger partial charge in [0, 0.05) is 5.56 Å². The van der Waals surface area contributed by atoms with Crippen molar-refractivity contribution < 1.29 is 9.47 Å². The Balaban J connectivity index is 2.07. The molecule has 3 rings (SSSR count). The van der Waals surface area contributed by atoms with Gasteiger partial charge in [-0.15, -0.1) is 0 Å². The smallest absolute Gasteiger partial charge is 0.162 e. The zero-order valence-electron chi connectivity index (χ0n) is 9.49. The monoisotopic (exact) mass is 231 g/mol. The average molecular weight is 231 g/mol. The molecule has 0 aliphatic carbocycles. The Morgan fingerprint density at radius 2 is 2.00 bits per heavy atom. The van der Waals surface area contributed by atoms with Crippen LogP contribution in [0.15, 0.2) is 18.2 Å². The number of hydrogen-bond acceptors (Lipinski definition) is 4. The lowest BCUT2D eigenvalue weighted by Crippen LogP contribution is -2.15. The van der Waals surface area contributed by atoms with Crippen LogP contribution in [0.1, 0.15) is 5.69 Å². The molecule has 5 heteroatoms. The van der Waals surface area contributed by atoms with Crippen LogP contribution < -0.4 is 15.2 Å². The number of benzene rings is 1. The maximum Gasteiger partial charge on any atom is 0.162 e. The van der Waals surface area contributed by atoms with E-state index in [1.807, 2.05) is 25.1 Å². The lowest BCUT2D eigenvalue weighted by molar-refractivity contribution is 0.171. The summed E-state index contributed by atoms with van der Waals surface area (Å²) < 4.78 is 11.0. The summed E-state index contributed by atoms with van der Waals surface area (Å²) in [7, 11) is 0. The van der Waals surface area contributed by atoms with Crippen molar-refractivity contribution in [2.75, 3.05) is 18.9 Å². The lowest BCUT2D eigenvalue weighted by Gasteiger charge is -2.18. The number of H-pyrrole nitrogens is 1. The normalized spacial score (nSPS) is 13.7. The number of nitrogens with one attached hydrogen (secondary N) is 1. The third-order valence-corrected chi connectivity index (χ3v) is 2.81. The van der Waals surface area contributed by atoms with E-state index in [0.29, 0.717) is 18.9 Å². The van der Waals surface area contributed by atoms with Gasteiger partial charge in [0.1, 0.15) is 18.9 Å². The summed E-state index contributed by atoms with van der Waals surface area (Å²) in [5, 5.41) is 7.06. The van der Waals surface area contributed by atoms with E-state index < -0.39 is 0 Å². The predicted molar refractivity (Wildman–Crippen MR) is 64.2 cm³/mol. The number of aryl methyl sites for hydroxylation is 1. The number of aromatic amines is 1. The highest BCUT2D eigenvalue weighted by atomic mass is 16.6. The van der Waals surface area contributed by atoms with Crippen LogP contribution in [0.4, 0.5) is 5.69 Å². The number of rotatable bonds is 1. The van der Waals surface area contributed by atoms with Crippen molar-refractivity contribution in [1.82, 2.24) is 10.2 Å². The summed E-state index contributed by atoms with van der Waals surface area (Å²) in [6.45, 7) is 3.06. The van der Waals surface area contributed by atoms with E-state index >= 15 is 0 Å². The summed E-state index contributed by atoms with van der Waals surface area (Å²) >= 11 is 0. The summed E-state index contributed by atoms with van der Waals surface area (Å²) in [6, 6.07) is 5.72. The second kappa shape index (κ2) is 3.69. The third-order valence-electron chi connectivity index (χ3n) is 2.81. The predicted octanol–water partition coefficient (Wildman–Crippen LogP) is 1.74. The molecular formula is C12H13N3O2. The number of nitrogens with zero attached hydrogens (tertiary/aromatic N) is 1. The molecule has 3 N–H and O–H groups in total. The second-order valence-electron chi connectivity index (χ2n) is 3.97. The summed E-state index contributed by atoms with van der Waals surface area (Å²) in [4.78, 5) is 0. The first kappa shape index (κ1) is 10.0. The van der Waals surface area contributed by atoms with Crippen molar-refractivity contribution in [3.05, 3.63) is 23.9 Å². The van der Waals surface area contributed by atoms with Crippen LogP contribution in [-0.4, -0.2) is 23.4 Å². The van der Waals surface area contributed by atoms with Crippen molar-refractivity contribution >= 4 is 5.69 Å². The molecule has 0 atom stereocenters. The van der Waals surface area contributed by atoms with Gasteiger partial charge in [0.25, 0.3) is 0 Å². The van der Waals surface area contributed by atoms with Gasteiger partial charge < -0.3 is 15.2 Å². The summed E-state index contributed by atoms with van der Waals surface area (Å²) in [6.07, 6.45) is 0. The molecule has 1 aromatic carbocycles. The van der Waals surface area contributed by atoms with Gasteiger partial charge in [-0.05, 0) is 25.1 Å². The van der Waals surface area contributed by atoms with Crippen LogP contribution in [0.25, 0.3) is 11.3 Å². The Morgan fingerprint density at radius 1 is 1.24 bits per heavy atom. The zero-order chi connectivity index (χ0) is 11.8. The Hall–Kier alpha value is -2.17. The fourth-order valence-corrected chi connectivity index (χ4v) is 1.85. The van der Waals surface area contributed by atoms with E-state index in [2.05, 4.69) is 10.2 Å². The highest BCUT2D eigenvalue weighted by molar-refractivity contribution is 5.75. The van der Waals surface area contributed by atoms with Gasteiger partial charge in [-0.3, -0.25) is 5.10 Å². The maximum absolute atomic E-state index is 5.94. The molecule has 0 fully saturated rings. The Morgan fingerprint density at radius 3 is 2.71 bits per heavy atom. The SMILES string of the molecule is Cc1[nH]nc(-c2ccc3c(c2)OCCO3)c1N. The quantitative estimate of drug-likeness (QED) is 0.784. The minimum Gasteiger partial charge on any atom is -0.486 e. The number of anilines is 1. The van der Waals surface area contributed by atoms with Gasteiger partial charge >= 0.3 is 0 Å². The zero-order valence-corrected chi connectivity index (χ0v) is 9.49. The molecule has 0 saturated carbocycles. The first-order chi connectivity index (χ1) is 8.25. The van der Waals surface area contributed by atoms with Crippen molar-refractivity contribution in [2.45, 2.75) is 6.92 Å². The number of nitrogens with two attached hydrogens (primary N) is 1. The van der Waals surface area contributed by atoms with Gasteiger partial charge in [-0.1, -0.05) is 0 Å². The first-order valence-corrected chi connectivity index (χ1v) is 5.46. The van der Waals surface area contributed by atoms with E-state index in [9.17, 15) is 0 Å². The standard InChI is InChI=1S/C12H13N3O2/c1-7-11(13)12(15-14-7)8-2-3-9-10(6-8)17-5-4-16-9/h2-3,6H,4-5,13H2,1H3,(H,14,15). The average Bonchev–Trinajstić information content (AvgIpc) is 2.70. The van der Waals surface area contributed by atoms with Gasteiger partial charge in [-0.25, -0.2) is 0 Å². The Labute approximate surface area is 98.5 Å². The van der Waals surface area contributed by atoms with E-state index in [-0.39, 0.29) is 0 Å². The minimum absolute atomic E-state index is 0.575. The first-order valence-electron chi connectivity index (χ1n) is 5.46. The van der Waals surface area contributed by atoms with Gasteiger partial charge in [0.15, 0.2) is 11.5 Å². The van der Waals surface area contributed by atoms with E-state index in [0.717, 1.165) is 28.5 Å². The van der Waals surface area contributed by atoms with Crippen LogP contribution >= 0.6 is 0 Å². The number of nitrogen functional groups attached to an aromatic ring is 1. The topological polar surface area (TPSA) is 73.2 Å². The maximum atomic E-state index is 5.94. The molecule has 1 aromatic heterocycles. The summed E-state index contributed by atoms with van der Waals surface area (Å²) in [5.41, 5.74) is 9.16. The van der Waals surface area contributed by atoms with Crippen molar-refractivity contribution in [1.29, 1.82) is 0 Å². The number of hydrogen-bond donors (Lipinski definition) is 2. The molecule has 0 bridgehead atoms. The van der Waals surface area contributed by atoms with Crippen LogP contribution in [0.2, 0.25) is 0 Å². The molecule has 0 amide bonds.